The highest BCUT2D eigenvalue weighted by Gasteiger charge is 2.45. The van der Waals surface area contributed by atoms with Crippen LogP contribution in [-0.4, -0.2) is 61.0 Å². The van der Waals surface area contributed by atoms with E-state index in [2.05, 4.69) is 0 Å². The number of carbonyl (C=O) groups is 1. The van der Waals surface area contributed by atoms with Crippen LogP contribution in [-0.2, 0) is 16.5 Å². The summed E-state index contributed by atoms with van der Waals surface area (Å²) in [6.07, 6.45) is 3.87. The third-order valence-corrected chi connectivity index (χ3v) is 6.24. The molecule has 1 atom stereocenters. The molecular weight excluding hydrogens is 344 g/mol. The number of hydrogen-bond donors (Lipinski definition) is 0. The van der Waals surface area contributed by atoms with Crippen molar-refractivity contribution in [1.82, 2.24) is 9.47 Å². The second-order valence-electron chi connectivity index (χ2n) is 7.59. The molecule has 1 aromatic heterocycles. The number of fused-ring (bicyclic) bond motifs is 1. The third-order valence-electron chi connectivity index (χ3n) is 6.24. The summed E-state index contributed by atoms with van der Waals surface area (Å²) in [5.74, 6) is 0.870. The zero-order valence-corrected chi connectivity index (χ0v) is 16.4. The fourth-order valence-electron chi connectivity index (χ4n) is 4.59. The predicted octanol–water partition coefficient (Wildman–Crippen LogP) is 2.99. The van der Waals surface area contributed by atoms with Crippen molar-refractivity contribution in [2.75, 3.05) is 33.9 Å². The van der Waals surface area contributed by atoms with Crippen molar-refractivity contribution < 1.29 is 19.0 Å². The summed E-state index contributed by atoms with van der Waals surface area (Å²) in [6.45, 7) is 2.19. The Bertz CT molecular complexity index is 836. The smallest absolute Gasteiger partial charge is 0.270 e. The van der Waals surface area contributed by atoms with Crippen molar-refractivity contribution in [3.8, 4) is 5.75 Å². The van der Waals surface area contributed by atoms with E-state index in [1.807, 2.05) is 40.8 Å². The second-order valence-corrected chi connectivity index (χ2v) is 7.59. The molecule has 0 saturated carbocycles. The van der Waals surface area contributed by atoms with Gasteiger partial charge in [0.2, 0.25) is 0 Å². The number of methoxy groups -OCH3 is 2. The molecule has 27 heavy (non-hydrogen) atoms. The number of rotatable bonds is 3. The molecule has 0 radical (unpaired) electrons. The monoisotopic (exact) mass is 372 g/mol. The van der Waals surface area contributed by atoms with Gasteiger partial charge in [-0.3, -0.25) is 4.79 Å². The number of ether oxygens (including phenoxy) is 3. The van der Waals surface area contributed by atoms with Crippen LogP contribution in [0.25, 0.3) is 10.9 Å². The van der Waals surface area contributed by atoms with E-state index in [0.29, 0.717) is 18.8 Å². The molecule has 1 amide bonds. The average molecular weight is 372 g/mol. The minimum Gasteiger partial charge on any atom is -0.497 e. The molecule has 4 rings (SSSR count). The summed E-state index contributed by atoms with van der Waals surface area (Å²) in [6, 6.07) is 7.86. The molecule has 1 spiro atoms. The number of aryl methyl sites for hydroxylation is 1. The fourth-order valence-corrected chi connectivity index (χ4v) is 4.59. The molecule has 1 aromatic carbocycles. The Labute approximate surface area is 160 Å². The lowest BCUT2D eigenvalue weighted by Gasteiger charge is -2.48. The Morgan fingerprint density at radius 3 is 2.70 bits per heavy atom. The number of amides is 1. The van der Waals surface area contributed by atoms with Crippen LogP contribution in [0.3, 0.4) is 0 Å². The number of carbonyl (C=O) groups excluding carboxylic acids is 1. The zero-order valence-electron chi connectivity index (χ0n) is 16.4. The summed E-state index contributed by atoms with van der Waals surface area (Å²) in [5, 5.41) is 1.05. The van der Waals surface area contributed by atoms with Crippen molar-refractivity contribution >= 4 is 16.8 Å². The van der Waals surface area contributed by atoms with Gasteiger partial charge in [0.25, 0.3) is 5.91 Å². The van der Waals surface area contributed by atoms with Crippen molar-refractivity contribution in [3.05, 3.63) is 30.0 Å². The van der Waals surface area contributed by atoms with Gasteiger partial charge < -0.3 is 23.7 Å². The van der Waals surface area contributed by atoms with Crippen LogP contribution >= 0.6 is 0 Å². The van der Waals surface area contributed by atoms with E-state index >= 15 is 0 Å². The van der Waals surface area contributed by atoms with Crippen LogP contribution in [0.15, 0.2) is 24.3 Å². The maximum Gasteiger partial charge on any atom is 0.270 e. The van der Waals surface area contributed by atoms with Gasteiger partial charge in [-0.1, -0.05) is 0 Å². The first-order chi connectivity index (χ1) is 13.1. The van der Waals surface area contributed by atoms with Gasteiger partial charge in [-0.15, -0.1) is 0 Å². The Morgan fingerprint density at radius 1 is 1.22 bits per heavy atom. The van der Waals surface area contributed by atoms with Gasteiger partial charge >= 0.3 is 0 Å². The zero-order chi connectivity index (χ0) is 19.0. The Morgan fingerprint density at radius 2 is 2.00 bits per heavy atom. The summed E-state index contributed by atoms with van der Waals surface area (Å²) < 4.78 is 19.1. The molecule has 3 heterocycles. The molecule has 2 aliphatic heterocycles. The molecule has 1 unspecified atom stereocenters. The largest absolute Gasteiger partial charge is 0.497 e. The first kappa shape index (κ1) is 18.3. The quantitative estimate of drug-likeness (QED) is 0.831. The number of benzene rings is 1. The van der Waals surface area contributed by atoms with Crippen molar-refractivity contribution in [2.45, 2.75) is 37.4 Å². The third kappa shape index (κ3) is 3.11. The first-order valence-corrected chi connectivity index (χ1v) is 9.67. The highest BCUT2D eigenvalue weighted by atomic mass is 16.5. The van der Waals surface area contributed by atoms with Crippen LogP contribution in [0, 0.1) is 0 Å². The Kier molecular flexibility index (Phi) is 4.86. The van der Waals surface area contributed by atoms with E-state index in [4.69, 9.17) is 14.2 Å². The topological polar surface area (TPSA) is 52.9 Å². The normalized spacial score (nSPS) is 22.3. The van der Waals surface area contributed by atoms with Crippen LogP contribution in [0.2, 0.25) is 0 Å². The summed E-state index contributed by atoms with van der Waals surface area (Å²) in [7, 11) is 5.36. The van der Waals surface area contributed by atoms with Gasteiger partial charge in [0.1, 0.15) is 11.4 Å². The molecule has 146 valence electrons. The minimum absolute atomic E-state index is 0.0762. The van der Waals surface area contributed by atoms with E-state index in [0.717, 1.165) is 48.9 Å². The van der Waals surface area contributed by atoms with Crippen LogP contribution in [0.1, 0.15) is 36.2 Å². The lowest BCUT2D eigenvalue weighted by molar-refractivity contribution is -0.183. The molecule has 0 bridgehead atoms. The van der Waals surface area contributed by atoms with Crippen LogP contribution in [0.5, 0.6) is 5.75 Å². The molecular formula is C21H28N2O4. The standard InChI is InChI=1S/C21H28N2O4/c1-22-17-14-16(25-2)7-6-15(17)13-18(22)20(24)23-10-8-21(9-11-23)19(26-3)5-4-12-27-21/h6-7,13-14,19H,4-5,8-12H2,1-3H3. The van der Waals surface area contributed by atoms with Gasteiger partial charge in [-0.05, 0) is 43.9 Å². The maximum absolute atomic E-state index is 13.2. The SMILES string of the molecule is COc1ccc2cc(C(=O)N3CCC4(CC3)OCCCC4OC)n(C)c2c1. The summed E-state index contributed by atoms with van der Waals surface area (Å²) in [4.78, 5) is 15.1. The number of piperidine rings is 1. The predicted molar refractivity (Wildman–Crippen MR) is 103 cm³/mol. The minimum atomic E-state index is -0.226. The lowest BCUT2D eigenvalue weighted by Crippen LogP contribution is -2.56. The number of hydrogen-bond acceptors (Lipinski definition) is 4. The Hall–Kier alpha value is -2.05. The highest BCUT2D eigenvalue weighted by molar-refractivity contribution is 5.99. The van der Waals surface area contributed by atoms with Gasteiger partial charge in [0, 0.05) is 45.3 Å². The lowest BCUT2D eigenvalue weighted by atomic mass is 9.82. The fraction of sp³-hybridized carbons (Fsp3) is 0.571. The van der Waals surface area contributed by atoms with Gasteiger partial charge in [-0.25, -0.2) is 0 Å². The number of aromatic nitrogens is 1. The molecule has 0 aliphatic carbocycles. The van der Waals surface area contributed by atoms with Crippen LogP contribution in [0.4, 0.5) is 0 Å². The van der Waals surface area contributed by atoms with E-state index in [-0.39, 0.29) is 17.6 Å². The van der Waals surface area contributed by atoms with E-state index in [9.17, 15) is 4.79 Å². The number of nitrogens with zero attached hydrogens (tertiary/aromatic N) is 2. The van der Waals surface area contributed by atoms with E-state index in [1.54, 1.807) is 14.2 Å². The molecule has 2 fully saturated rings. The molecule has 0 N–H and O–H groups in total. The van der Waals surface area contributed by atoms with E-state index < -0.39 is 0 Å². The molecule has 2 aliphatic rings. The van der Waals surface area contributed by atoms with Crippen molar-refractivity contribution in [2.24, 2.45) is 7.05 Å². The molecule has 6 nitrogen and oxygen atoms in total. The van der Waals surface area contributed by atoms with Crippen molar-refractivity contribution in [3.63, 3.8) is 0 Å². The van der Waals surface area contributed by atoms with Gasteiger partial charge in [-0.2, -0.15) is 0 Å². The van der Waals surface area contributed by atoms with Gasteiger partial charge in [0.15, 0.2) is 0 Å². The Balaban J connectivity index is 1.53. The number of likely N-dealkylation sites (tertiary alicyclic amines) is 1. The molecule has 2 saturated heterocycles. The highest BCUT2D eigenvalue weighted by Crippen LogP contribution is 2.37. The average Bonchev–Trinajstić information content (AvgIpc) is 3.04. The van der Waals surface area contributed by atoms with Crippen LogP contribution < -0.4 is 4.74 Å². The molecule has 6 heteroatoms. The van der Waals surface area contributed by atoms with Gasteiger partial charge in [0.05, 0.1) is 24.3 Å². The summed E-state index contributed by atoms with van der Waals surface area (Å²) >= 11 is 0. The van der Waals surface area contributed by atoms with Crippen molar-refractivity contribution in [1.29, 1.82) is 0 Å². The first-order valence-electron chi connectivity index (χ1n) is 9.67. The molecule has 2 aromatic rings. The summed E-state index contributed by atoms with van der Waals surface area (Å²) in [5.41, 5.74) is 1.49. The maximum atomic E-state index is 13.2. The second kappa shape index (κ2) is 7.17. The van der Waals surface area contributed by atoms with E-state index in [1.165, 1.54) is 0 Å².